The van der Waals surface area contributed by atoms with Crippen LogP contribution in [0.5, 0.6) is 0 Å². The van der Waals surface area contributed by atoms with Crippen molar-refractivity contribution in [3.8, 4) is 0 Å². The number of hydrogen-bond donors (Lipinski definition) is 2. The second kappa shape index (κ2) is 10.2. The van der Waals surface area contributed by atoms with E-state index in [0.717, 1.165) is 57.3 Å². The molecule has 7 nitrogen and oxygen atoms in total. The Morgan fingerprint density at radius 1 is 1.32 bits per heavy atom. The molecule has 0 spiro atoms. The molecule has 1 unspecified atom stereocenters. The van der Waals surface area contributed by atoms with Gasteiger partial charge in [0.1, 0.15) is 5.82 Å². The van der Waals surface area contributed by atoms with Crippen molar-refractivity contribution in [3.63, 3.8) is 0 Å². The quantitative estimate of drug-likeness (QED) is 0.743. The second-order valence-corrected chi connectivity index (χ2v) is 6.34. The lowest BCUT2D eigenvalue weighted by Crippen LogP contribution is -2.48. The van der Waals surface area contributed by atoms with Crippen LogP contribution in [0.4, 0.5) is 10.6 Å². The molecule has 7 heteroatoms. The van der Waals surface area contributed by atoms with Crippen molar-refractivity contribution in [2.24, 2.45) is 0 Å². The first-order chi connectivity index (χ1) is 12.1. The minimum absolute atomic E-state index is 0.0984. The maximum atomic E-state index is 12.0. The van der Waals surface area contributed by atoms with Crippen molar-refractivity contribution >= 4 is 11.8 Å². The molecule has 25 heavy (non-hydrogen) atoms. The smallest absolute Gasteiger partial charge is 0.315 e. The molecule has 140 valence electrons. The molecule has 2 heterocycles. The van der Waals surface area contributed by atoms with Crippen LogP contribution in [0.1, 0.15) is 26.3 Å². The van der Waals surface area contributed by atoms with Gasteiger partial charge in [-0.25, -0.2) is 9.78 Å². The van der Waals surface area contributed by atoms with E-state index in [4.69, 9.17) is 4.74 Å². The Kier molecular flexibility index (Phi) is 7.94. The van der Waals surface area contributed by atoms with Gasteiger partial charge in [0.05, 0.1) is 13.2 Å². The molecule has 0 bridgehead atoms. The summed E-state index contributed by atoms with van der Waals surface area (Å²) in [7, 11) is 0. The number of pyridine rings is 1. The predicted octanol–water partition coefficient (Wildman–Crippen LogP) is 1.45. The largest absolute Gasteiger partial charge is 0.379 e. The third-order valence-corrected chi connectivity index (χ3v) is 4.36. The Bertz CT molecular complexity index is 513. The topological polar surface area (TPSA) is 69.7 Å². The Balaban J connectivity index is 1.71. The molecule has 0 saturated carbocycles. The van der Waals surface area contributed by atoms with Crippen LogP contribution in [0.3, 0.4) is 0 Å². The molecule has 1 aliphatic heterocycles. The number of amides is 2. The van der Waals surface area contributed by atoms with Crippen LogP contribution in [0, 0.1) is 0 Å². The fourth-order valence-electron chi connectivity index (χ4n) is 2.93. The van der Waals surface area contributed by atoms with E-state index < -0.39 is 0 Å². The summed E-state index contributed by atoms with van der Waals surface area (Å²) in [5, 5.41) is 5.88. The number of nitrogens with one attached hydrogen (secondary N) is 2. The van der Waals surface area contributed by atoms with Crippen LogP contribution < -0.4 is 15.5 Å². The van der Waals surface area contributed by atoms with E-state index in [1.54, 1.807) is 0 Å². The van der Waals surface area contributed by atoms with E-state index in [0.29, 0.717) is 6.54 Å². The van der Waals surface area contributed by atoms with E-state index in [2.05, 4.69) is 39.3 Å². The SMILES string of the molecule is CCN(CC)c1ccc(CNC(=O)NC(C)CN2CCOCC2)cn1. The normalized spacial score (nSPS) is 16.3. The molecule has 2 amide bonds. The van der Waals surface area contributed by atoms with Crippen LogP contribution in [0.2, 0.25) is 0 Å². The number of morpholine rings is 1. The van der Waals surface area contributed by atoms with Crippen molar-refractivity contribution in [3.05, 3.63) is 23.9 Å². The van der Waals surface area contributed by atoms with E-state index in [1.165, 1.54) is 0 Å². The summed E-state index contributed by atoms with van der Waals surface area (Å²) in [6.45, 7) is 12.8. The number of carbonyl (C=O) groups is 1. The van der Waals surface area contributed by atoms with E-state index in [-0.39, 0.29) is 12.1 Å². The van der Waals surface area contributed by atoms with Gasteiger partial charge >= 0.3 is 6.03 Å². The zero-order valence-corrected chi connectivity index (χ0v) is 15.6. The number of hydrogen-bond acceptors (Lipinski definition) is 5. The summed E-state index contributed by atoms with van der Waals surface area (Å²) in [6.07, 6.45) is 1.82. The summed E-state index contributed by atoms with van der Waals surface area (Å²) >= 11 is 0. The van der Waals surface area contributed by atoms with E-state index in [9.17, 15) is 4.79 Å². The first-order valence-corrected chi connectivity index (χ1v) is 9.16. The number of ether oxygens (including phenoxy) is 1. The van der Waals surface area contributed by atoms with Gasteiger partial charge in [0.25, 0.3) is 0 Å². The van der Waals surface area contributed by atoms with Gasteiger partial charge in [-0.1, -0.05) is 6.07 Å². The highest BCUT2D eigenvalue weighted by Crippen LogP contribution is 2.10. The number of nitrogens with zero attached hydrogens (tertiary/aromatic N) is 3. The molecule has 1 atom stereocenters. The summed E-state index contributed by atoms with van der Waals surface area (Å²) in [6, 6.07) is 3.97. The summed E-state index contributed by atoms with van der Waals surface area (Å²) in [5.41, 5.74) is 0.992. The molecule has 2 N–H and O–H groups in total. The number of urea groups is 1. The second-order valence-electron chi connectivity index (χ2n) is 6.34. The molecule has 1 aromatic heterocycles. The first-order valence-electron chi connectivity index (χ1n) is 9.16. The van der Waals surface area contributed by atoms with Gasteiger partial charge in [0.15, 0.2) is 0 Å². The maximum Gasteiger partial charge on any atom is 0.315 e. The Morgan fingerprint density at radius 3 is 2.64 bits per heavy atom. The summed E-state index contributed by atoms with van der Waals surface area (Å²) in [4.78, 5) is 21.0. The molecule has 0 aliphatic carbocycles. The van der Waals surface area contributed by atoms with Crippen molar-refractivity contribution in [1.82, 2.24) is 20.5 Å². The zero-order valence-electron chi connectivity index (χ0n) is 15.6. The van der Waals surface area contributed by atoms with Crippen molar-refractivity contribution in [1.29, 1.82) is 0 Å². The molecular formula is C18H31N5O2. The number of carbonyl (C=O) groups excluding carboxylic acids is 1. The average Bonchev–Trinajstić information content (AvgIpc) is 2.63. The van der Waals surface area contributed by atoms with Gasteiger partial charge in [-0.2, -0.15) is 0 Å². The minimum Gasteiger partial charge on any atom is -0.379 e. The van der Waals surface area contributed by atoms with Crippen molar-refractivity contribution in [2.45, 2.75) is 33.4 Å². The van der Waals surface area contributed by atoms with Crippen LogP contribution in [0.25, 0.3) is 0 Å². The Labute approximate surface area is 150 Å². The highest BCUT2D eigenvalue weighted by molar-refractivity contribution is 5.74. The molecule has 1 aliphatic rings. The fraction of sp³-hybridized carbons (Fsp3) is 0.667. The van der Waals surface area contributed by atoms with E-state index >= 15 is 0 Å². The zero-order chi connectivity index (χ0) is 18.1. The summed E-state index contributed by atoms with van der Waals surface area (Å²) in [5.74, 6) is 0.970. The molecule has 1 fully saturated rings. The van der Waals surface area contributed by atoms with Gasteiger partial charge in [-0.15, -0.1) is 0 Å². The van der Waals surface area contributed by atoms with Crippen molar-refractivity contribution < 1.29 is 9.53 Å². The van der Waals surface area contributed by atoms with Crippen LogP contribution in [-0.4, -0.2) is 67.9 Å². The third kappa shape index (κ3) is 6.51. The highest BCUT2D eigenvalue weighted by atomic mass is 16.5. The number of rotatable bonds is 8. The first kappa shape index (κ1) is 19.5. The fourth-order valence-corrected chi connectivity index (χ4v) is 2.93. The van der Waals surface area contributed by atoms with Crippen molar-refractivity contribution in [2.75, 3.05) is 50.8 Å². The van der Waals surface area contributed by atoms with Gasteiger partial charge in [-0.3, -0.25) is 4.90 Å². The van der Waals surface area contributed by atoms with Gasteiger partial charge < -0.3 is 20.3 Å². The lowest BCUT2D eigenvalue weighted by atomic mass is 10.2. The lowest BCUT2D eigenvalue weighted by molar-refractivity contribution is 0.0349. The number of anilines is 1. The Hall–Kier alpha value is -1.86. The monoisotopic (exact) mass is 349 g/mol. The molecule has 1 aromatic rings. The average molecular weight is 349 g/mol. The number of aromatic nitrogens is 1. The van der Waals surface area contributed by atoms with Crippen LogP contribution >= 0.6 is 0 Å². The molecule has 2 rings (SSSR count). The minimum atomic E-state index is -0.145. The summed E-state index contributed by atoms with van der Waals surface area (Å²) < 4.78 is 5.34. The third-order valence-electron chi connectivity index (χ3n) is 4.36. The maximum absolute atomic E-state index is 12.0. The van der Waals surface area contributed by atoms with Crippen LogP contribution in [-0.2, 0) is 11.3 Å². The molecule has 0 aromatic carbocycles. The standard InChI is InChI=1S/C18H31N5O2/c1-4-23(5-2)17-7-6-16(12-19-17)13-20-18(24)21-15(3)14-22-8-10-25-11-9-22/h6-7,12,15H,4-5,8-11,13-14H2,1-3H3,(H2,20,21,24). The molecule has 1 saturated heterocycles. The van der Waals surface area contributed by atoms with Crippen LogP contribution in [0.15, 0.2) is 18.3 Å². The van der Waals surface area contributed by atoms with Gasteiger partial charge in [0.2, 0.25) is 0 Å². The molecular weight excluding hydrogens is 318 g/mol. The van der Waals surface area contributed by atoms with E-state index in [1.807, 2.05) is 25.3 Å². The predicted molar refractivity (Wildman–Crippen MR) is 99.9 cm³/mol. The molecule has 0 radical (unpaired) electrons. The van der Waals surface area contributed by atoms with Gasteiger partial charge in [0, 0.05) is 51.5 Å². The van der Waals surface area contributed by atoms with Gasteiger partial charge in [-0.05, 0) is 32.4 Å². The lowest BCUT2D eigenvalue weighted by Gasteiger charge is -2.29. The highest BCUT2D eigenvalue weighted by Gasteiger charge is 2.15. The Morgan fingerprint density at radius 2 is 2.04 bits per heavy atom.